The van der Waals surface area contributed by atoms with Crippen LogP contribution in [-0.4, -0.2) is 29.2 Å². The highest BCUT2D eigenvalue weighted by Crippen LogP contribution is 2.33. The Hall–Kier alpha value is -2.92. The largest absolute Gasteiger partial charge is 0.490 e. The average molecular weight is 397 g/mol. The van der Waals surface area contributed by atoms with Gasteiger partial charge in [0.2, 0.25) is 5.91 Å². The van der Waals surface area contributed by atoms with Crippen molar-refractivity contribution < 1.29 is 19.1 Å². The van der Waals surface area contributed by atoms with Crippen LogP contribution in [0.25, 0.3) is 10.9 Å². The summed E-state index contributed by atoms with van der Waals surface area (Å²) in [6.07, 6.45) is 7.57. The molecule has 29 heavy (non-hydrogen) atoms. The van der Waals surface area contributed by atoms with Crippen LogP contribution in [0, 0.1) is 12.8 Å². The van der Waals surface area contributed by atoms with Crippen LogP contribution in [-0.2, 0) is 14.4 Å². The number of fused-ring (bicyclic) bond motifs is 1. The molecule has 1 amide bonds. The fraction of sp³-hybridized carbons (Fsp3) is 0.500. The second-order valence-corrected chi connectivity index (χ2v) is 7.81. The molecule has 7 heteroatoms. The third-order valence-corrected chi connectivity index (χ3v) is 5.74. The molecule has 0 radical (unpaired) electrons. The third-order valence-electron chi connectivity index (χ3n) is 5.74. The van der Waals surface area contributed by atoms with Crippen molar-refractivity contribution in [2.45, 2.75) is 64.0 Å². The van der Waals surface area contributed by atoms with E-state index in [0.29, 0.717) is 11.7 Å². The molecule has 0 unspecified atom stereocenters. The summed E-state index contributed by atoms with van der Waals surface area (Å²) < 4.78 is 6.29. The first-order valence-corrected chi connectivity index (χ1v) is 10.1. The van der Waals surface area contributed by atoms with E-state index in [-0.39, 0.29) is 24.1 Å². The predicted octanol–water partition coefficient (Wildman–Crippen LogP) is 3.15. The first kappa shape index (κ1) is 20.8. The molecule has 154 valence electrons. The van der Waals surface area contributed by atoms with Crippen LogP contribution in [0.4, 0.5) is 5.69 Å². The summed E-state index contributed by atoms with van der Waals surface area (Å²) in [5.74, 6) is 1.33. The monoisotopic (exact) mass is 397 g/mol. The van der Waals surface area contributed by atoms with E-state index in [2.05, 4.69) is 10.3 Å². The summed E-state index contributed by atoms with van der Waals surface area (Å²) in [6, 6.07) is 8.10. The van der Waals surface area contributed by atoms with Gasteiger partial charge < -0.3 is 15.8 Å². The Bertz CT molecular complexity index is 896. The second-order valence-electron chi connectivity index (χ2n) is 7.81. The molecule has 0 saturated heterocycles. The molecule has 3 N–H and O–H groups in total. The van der Waals surface area contributed by atoms with E-state index in [0.717, 1.165) is 60.9 Å². The lowest BCUT2D eigenvalue weighted by atomic mass is 9.84. The van der Waals surface area contributed by atoms with Gasteiger partial charge in [-0.2, -0.15) is 9.59 Å². The summed E-state index contributed by atoms with van der Waals surface area (Å²) in [4.78, 5) is 32.9. The minimum absolute atomic E-state index is 0.165. The first-order chi connectivity index (χ1) is 14.0. The summed E-state index contributed by atoms with van der Waals surface area (Å²) in [6.45, 7) is 1.95. The maximum absolute atomic E-state index is 12.1. The first-order valence-electron chi connectivity index (χ1n) is 10.1. The van der Waals surface area contributed by atoms with Crippen LogP contribution in [0.2, 0.25) is 0 Å². The van der Waals surface area contributed by atoms with Crippen molar-refractivity contribution in [3.8, 4) is 5.75 Å². The van der Waals surface area contributed by atoms with Crippen molar-refractivity contribution in [2.24, 2.45) is 5.92 Å². The molecule has 2 aliphatic rings. The average Bonchev–Trinajstić information content (AvgIpc) is 2.62. The van der Waals surface area contributed by atoms with Gasteiger partial charge in [-0.05, 0) is 63.6 Å². The number of ether oxygens (including phenoxy) is 1. The molecule has 0 bridgehead atoms. The molecule has 2 aliphatic carbocycles. The number of nitrogen functional groups attached to an aromatic ring is 1. The number of nitrogens with two attached hydrogens (primary N) is 1. The van der Waals surface area contributed by atoms with Crippen molar-refractivity contribution in [3.05, 3.63) is 30.0 Å². The van der Waals surface area contributed by atoms with Crippen molar-refractivity contribution in [2.75, 3.05) is 5.73 Å². The Labute approximate surface area is 170 Å². The van der Waals surface area contributed by atoms with E-state index in [1.165, 1.54) is 6.42 Å². The second kappa shape index (κ2) is 9.52. The number of aryl methyl sites for hydroxylation is 1. The number of pyridine rings is 1. The van der Waals surface area contributed by atoms with Crippen LogP contribution in [0.3, 0.4) is 0 Å². The number of hydrogen-bond acceptors (Lipinski definition) is 6. The molecule has 2 saturated carbocycles. The highest BCUT2D eigenvalue weighted by Gasteiger charge is 2.29. The number of aromatic nitrogens is 1. The quantitative estimate of drug-likeness (QED) is 0.820. The van der Waals surface area contributed by atoms with Gasteiger partial charge in [-0.1, -0.05) is 12.5 Å². The maximum atomic E-state index is 12.1. The molecular weight excluding hydrogens is 370 g/mol. The number of benzene rings is 1. The zero-order chi connectivity index (χ0) is 20.8. The van der Waals surface area contributed by atoms with Crippen molar-refractivity contribution in [1.82, 2.24) is 10.3 Å². The van der Waals surface area contributed by atoms with Gasteiger partial charge in [0.05, 0.1) is 17.0 Å². The number of carbonyl (C=O) groups excluding carboxylic acids is 3. The number of anilines is 1. The number of nitrogens with zero attached hydrogens (tertiary/aromatic N) is 1. The third kappa shape index (κ3) is 5.12. The fourth-order valence-corrected chi connectivity index (χ4v) is 4.01. The van der Waals surface area contributed by atoms with Crippen LogP contribution in [0.5, 0.6) is 5.75 Å². The van der Waals surface area contributed by atoms with E-state index in [4.69, 9.17) is 20.1 Å². The minimum atomic E-state index is 0.165. The van der Waals surface area contributed by atoms with Gasteiger partial charge in [-0.3, -0.25) is 9.78 Å². The molecule has 7 nitrogen and oxygen atoms in total. The summed E-state index contributed by atoms with van der Waals surface area (Å²) in [7, 11) is 0. The lowest BCUT2D eigenvalue weighted by Gasteiger charge is -2.32. The fourth-order valence-electron chi connectivity index (χ4n) is 4.01. The Kier molecular flexibility index (Phi) is 6.83. The predicted molar refractivity (Wildman–Crippen MR) is 108 cm³/mol. The van der Waals surface area contributed by atoms with Gasteiger partial charge >= 0.3 is 6.15 Å². The Morgan fingerprint density at radius 1 is 1.17 bits per heavy atom. The number of rotatable bonds is 4. The Morgan fingerprint density at radius 3 is 2.48 bits per heavy atom. The summed E-state index contributed by atoms with van der Waals surface area (Å²) in [5.41, 5.74) is 8.72. The van der Waals surface area contributed by atoms with E-state index >= 15 is 0 Å². The molecular formula is C22H27N3O4. The molecule has 2 fully saturated rings. The zero-order valence-electron chi connectivity index (χ0n) is 16.6. The topological polar surface area (TPSA) is 111 Å². The smallest absolute Gasteiger partial charge is 0.373 e. The summed E-state index contributed by atoms with van der Waals surface area (Å²) in [5, 5.41) is 4.13. The van der Waals surface area contributed by atoms with E-state index in [1.54, 1.807) is 0 Å². The number of nitrogens with one attached hydrogen (secondary N) is 1. The van der Waals surface area contributed by atoms with Crippen molar-refractivity contribution >= 4 is 28.6 Å². The highest BCUT2D eigenvalue weighted by molar-refractivity contribution is 5.95. The van der Waals surface area contributed by atoms with Gasteiger partial charge in [-0.25, -0.2) is 0 Å². The number of hydrogen-bond donors (Lipinski definition) is 2. The molecule has 1 heterocycles. The van der Waals surface area contributed by atoms with E-state index in [9.17, 15) is 4.79 Å². The van der Waals surface area contributed by atoms with Crippen LogP contribution < -0.4 is 15.8 Å². The molecule has 4 rings (SSSR count). The van der Waals surface area contributed by atoms with Gasteiger partial charge in [-0.15, -0.1) is 0 Å². The Morgan fingerprint density at radius 2 is 1.86 bits per heavy atom. The van der Waals surface area contributed by atoms with Crippen LogP contribution >= 0.6 is 0 Å². The lowest BCUT2D eigenvalue weighted by molar-refractivity contribution is -0.191. The van der Waals surface area contributed by atoms with E-state index in [1.807, 2.05) is 31.2 Å². The minimum Gasteiger partial charge on any atom is -0.490 e. The maximum Gasteiger partial charge on any atom is 0.373 e. The standard InChI is InChI=1S/C21H27N3O2.CO2/c1-13-12-17(22)20-18(23-13)6-3-7-19(20)26-16-10-8-15(9-11-16)24-21(25)14-4-2-5-14;2-1-3/h3,6-7,12,14-16H,2,4-5,8-11H2,1H3,(H2,22,23)(H,24,25);. The molecule has 2 aromatic rings. The van der Waals surface area contributed by atoms with Crippen LogP contribution in [0.1, 0.15) is 50.6 Å². The Balaban J connectivity index is 0.000000755. The highest BCUT2D eigenvalue weighted by atomic mass is 16.5. The number of carbonyl (C=O) groups is 1. The molecule has 0 aliphatic heterocycles. The van der Waals surface area contributed by atoms with Gasteiger partial charge in [0.1, 0.15) is 5.75 Å². The van der Waals surface area contributed by atoms with Gasteiger partial charge in [0.25, 0.3) is 0 Å². The SMILES string of the molecule is Cc1cc(N)c2c(OC3CCC(NC(=O)C4CCC4)CC3)cccc2n1.O=C=O. The van der Waals surface area contributed by atoms with Crippen molar-refractivity contribution in [3.63, 3.8) is 0 Å². The van der Waals surface area contributed by atoms with Gasteiger partial charge in [0.15, 0.2) is 0 Å². The molecule has 0 atom stereocenters. The van der Waals surface area contributed by atoms with Crippen LogP contribution in [0.15, 0.2) is 24.3 Å². The summed E-state index contributed by atoms with van der Waals surface area (Å²) >= 11 is 0. The molecule has 1 aromatic heterocycles. The van der Waals surface area contributed by atoms with Gasteiger partial charge in [0, 0.05) is 23.3 Å². The van der Waals surface area contributed by atoms with Crippen molar-refractivity contribution in [1.29, 1.82) is 0 Å². The molecule has 0 spiro atoms. The zero-order valence-corrected chi connectivity index (χ0v) is 16.6. The lowest BCUT2D eigenvalue weighted by Crippen LogP contribution is -2.43. The molecule has 1 aromatic carbocycles. The number of amides is 1. The normalized spacial score (nSPS) is 21.3. The van der Waals surface area contributed by atoms with E-state index < -0.39 is 0 Å².